The fourth-order valence-corrected chi connectivity index (χ4v) is 4.83. The van der Waals surface area contributed by atoms with Gasteiger partial charge < -0.3 is 15.0 Å². The Morgan fingerprint density at radius 2 is 1.71 bits per heavy atom. The van der Waals surface area contributed by atoms with E-state index in [1.807, 2.05) is 36.4 Å². The van der Waals surface area contributed by atoms with Crippen LogP contribution in [0.2, 0.25) is 0 Å². The van der Waals surface area contributed by atoms with Gasteiger partial charge in [0.2, 0.25) is 11.9 Å². The third-order valence-electron chi connectivity index (χ3n) is 5.75. The summed E-state index contributed by atoms with van der Waals surface area (Å²) in [6.07, 6.45) is 0.895. The number of nitrogens with one attached hydrogen (secondary N) is 1. The SMILES string of the molecule is CC(C)CC(NC(=O)CSc1nnc(N2CCOCC2)n1Cc1ccccc1)c1ccccc1. The maximum absolute atomic E-state index is 12.9. The summed E-state index contributed by atoms with van der Waals surface area (Å²) in [5.74, 6) is 1.60. The highest BCUT2D eigenvalue weighted by molar-refractivity contribution is 7.99. The quantitative estimate of drug-likeness (QED) is 0.440. The number of rotatable bonds is 10. The van der Waals surface area contributed by atoms with Crippen LogP contribution < -0.4 is 10.2 Å². The highest BCUT2D eigenvalue weighted by atomic mass is 32.2. The van der Waals surface area contributed by atoms with Crippen LogP contribution in [0.5, 0.6) is 0 Å². The minimum Gasteiger partial charge on any atom is -0.378 e. The second-order valence-electron chi connectivity index (χ2n) is 8.90. The van der Waals surface area contributed by atoms with E-state index >= 15 is 0 Å². The molecule has 1 amide bonds. The van der Waals surface area contributed by atoms with Crippen molar-refractivity contribution in [2.24, 2.45) is 5.92 Å². The second-order valence-corrected chi connectivity index (χ2v) is 9.85. The monoisotopic (exact) mass is 479 g/mol. The largest absolute Gasteiger partial charge is 0.378 e. The molecule has 0 bridgehead atoms. The van der Waals surface area contributed by atoms with E-state index in [4.69, 9.17) is 4.74 Å². The zero-order valence-electron chi connectivity index (χ0n) is 19.9. The number of anilines is 1. The van der Waals surface area contributed by atoms with Crippen molar-refractivity contribution in [3.05, 3.63) is 71.8 Å². The number of hydrogen-bond donors (Lipinski definition) is 1. The molecule has 180 valence electrons. The molecule has 1 fully saturated rings. The smallest absolute Gasteiger partial charge is 0.230 e. The Kier molecular flexibility index (Phi) is 8.60. The first-order valence-electron chi connectivity index (χ1n) is 11.9. The summed E-state index contributed by atoms with van der Waals surface area (Å²) in [4.78, 5) is 15.1. The highest BCUT2D eigenvalue weighted by Gasteiger charge is 2.22. The number of amides is 1. The molecular weight excluding hydrogens is 446 g/mol. The molecule has 3 aromatic rings. The van der Waals surface area contributed by atoms with Gasteiger partial charge in [-0.15, -0.1) is 10.2 Å². The summed E-state index contributed by atoms with van der Waals surface area (Å²) in [5.41, 5.74) is 2.31. The van der Waals surface area contributed by atoms with Gasteiger partial charge >= 0.3 is 0 Å². The number of thioether (sulfide) groups is 1. The van der Waals surface area contributed by atoms with Crippen molar-refractivity contribution in [2.75, 3.05) is 37.0 Å². The number of aromatic nitrogens is 3. The number of carbonyl (C=O) groups is 1. The number of benzene rings is 2. The lowest BCUT2D eigenvalue weighted by Gasteiger charge is -2.28. The van der Waals surface area contributed by atoms with Crippen LogP contribution in [-0.4, -0.2) is 52.7 Å². The zero-order chi connectivity index (χ0) is 23.8. The summed E-state index contributed by atoms with van der Waals surface area (Å²) < 4.78 is 7.62. The van der Waals surface area contributed by atoms with Crippen molar-refractivity contribution in [1.29, 1.82) is 0 Å². The summed E-state index contributed by atoms with van der Waals surface area (Å²) in [7, 11) is 0. The molecule has 0 aliphatic carbocycles. The van der Waals surface area contributed by atoms with Crippen LogP contribution in [0.3, 0.4) is 0 Å². The van der Waals surface area contributed by atoms with E-state index in [9.17, 15) is 4.79 Å². The Bertz CT molecular complexity index is 1040. The van der Waals surface area contributed by atoms with Gasteiger partial charge in [0.15, 0.2) is 5.16 Å². The van der Waals surface area contributed by atoms with Crippen molar-refractivity contribution in [1.82, 2.24) is 20.1 Å². The molecule has 1 saturated heterocycles. The fraction of sp³-hybridized carbons (Fsp3) is 0.423. The summed E-state index contributed by atoms with van der Waals surface area (Å²) in [6, 6.07) is 20.5. The van der Waals surface area contributed by atoms with E-state index in [2.05, 4.69) is 63.1 Å². The molecule has 7 nitrogen and oxygen atoms in total. The lowest BCUT2D eigenvalue weighted by Crippen LogP contribution is -2.38. The predicted molar refractivity (Wildman–Crippen MR) is 136 cm³/mol. The molecule has 2 aromatic carbocycles. The van der Waals surface area contributed by atoms with Gasteiger partial charge in [-0.05, 0) is 23.5 Å². The average Bonchev–Trinajstić information content (AvgIpc) is 3.26. The third kappa shape index (κ3) is 6.61. The van der Waals surface area contributed by atoms with Gasteiger partial charge in [0.1, 0.15) is 0 Å². The average molecular weight is 480 g/mol. The number of carbonyl (C=O) groups excluding carboxylic acids is 1. The summed E-state index contributed by atoms with van der Waals surface area (Å²) in [5, 5.41) is 12.9. The highest BCUT2D eigenvalue weighted by Crippen LogP contribution is 2.25. The van der Waals surface area contributed by atoms with Crippen LogP contribution in [-0.2, 0) is 16.1 Å². The number of nitrogens with zero attached hydrogens (tertiary/aromatic N) is 4. The molecule has 34 heavy (non-hydrogen) atoms. The van der Waals surface area contributed by atoms with Gasteiger partial charge in [0.25, 0.3) is 0 Å². The molecule has 0 spiro atoms. The molecule has 0 radical (unpaired) electrons. The molecule has 1 unspecified atom stereocenters. The molecule has 8 heteroatoms. The van der Waals surface area contributed by atoms with Crippen molar-refractivity contribution in [3.63, 3.8) is 0 Å². The van der Waals surface area contributed by atoms with Gasteiger partial charge in [-0.1, -0.05) is 86.3 Å². The van der Waals surface area contributed by atoms with Crippen molar-refractivity contribution >= 4 is 23.6 Å². The minimum absolute atomic E-state index is 0.000370. The van der Waals surface area contributed by atoms with Gasteiger partial charge in [-0.25, -0.2) is 0 Å². The van der Waals surface area contributed by atoms with Gasteiger partial charge in [-0.2, -0.15) is 0 Å². The van der Waals surface area contributed by atoms with Gasteiger partial charge in [0, 0.05) is 13.1 Å². The maximum atomic E-state index is 12.9. The Labute approximate surface area is 205 Å². The standard InChI is InChI=1S/C26H33N5O2S/c1-20(2)17-23(22-11-7-4-8-12-22)27-24(32)19-34-26-29-28-25(30-13-15-33-16-14-30)31(26)18-21-9-5-3-6-10-21/h3-12,20,23H,13-19H2,1-2H3,(H,27,32). The number of ether oxygens (including phenoxy) is 1. The third-order valence-corrected chi connectivity index (χ3v) is 6.72. The molecule has 1 aromatic heterocycles. The Morgan fingerprint density at radius 3 is 2.38 bits per heavy atom. The first kappa shape index (κ1) is 24.3. The first-order chi connectivity index (χ1) is 16.6. The molecule has 1 N–H and O–H groups in total. The maximum Gasteiger partial charge on any atom is 0.230 e. The van der Waals surface area contributed by atoms with Crippen molar-refractivity contribution in [2.45, 2.75) is 38.0 Å². The zero-order valence-corrected chi connectivity index (χ0v) is 20.7. The van der Waals surface area contributed by atoms with E-state index in [0.29, 0.717) is 25.7 Å². The van der Waals surface area contributed by atoms with Crippen LogP contribution in [0.1, 0.15) is 37.4 Å². The molecule has 4 rings (SSSR count). The molecule has 2 heterocycles. The molecule has 1 atom stereocenters. The van der Waals surface area contributed by atoms with Gasteiger partial charge in [-0.3, -0.25) is 9.36 Å². The van der Waals surface area contributed by atoms with Crippen LogP contribution in [0.4, 0.5) is 5.95 Å². The first-order valence-corrected chi connectivity index (χ1v) is 12.9. The molecular formula is C26H33N5O2S. The normalized spacial score (nSPS) is 14.9. The van der Waals surface area contributed by atoms with E-state index < -0.39 is 0 Å². The lowest BCUT2D eigenvalue weighted by atomic mass is 9.97. The van der Waals surface area contributed by atoms with Crippen LogP contribution in [0.25, 0.3) is 0 Å². The van der Waals surface area contributed by atoms with Crippen LogP contribution >= 0.6 is 11.8 Å². The fourth-order valence-electron chi connectivity index (χ4n) is 4.09. The Morgan fingerprint density at radius 1 is 1.03 bits per heavy atom. The van der Waals surface area contributed by atoms with E-state index in [1.54, 1.807) is 0 Å². The Balaban J connectivity index is 1.47. The van der Waals surface area contributed by atoms with Crippen LogP contribution in [0, 0.1) is 5.92 Å². The minimum atomic E-state index is 0.000370. The molecule has 1 aliphatic rings. The topological polar surface area (TPSA) is 72.3 Å². The summed E-state index contributed by atoms with van der Waals surface area (Å²) in [6.45, 7) is 7.94. The second kappa shape index (κ2) is 12.0. The van der Waals surface area contributed by atoms with Gasteiger partial charge in [0.05, 0.1) is 31.6 Å². The van der Waals surface area contributed by atoms with E-state index in [0.717, 1.165) is 36.2 Å². The van der Waals surface area contributed by atoms with E-state index in [1.165, 1.54) is 17.3 Å². The van der Waals surface area contributed by atoms with Crippen molar-refractivity contribution < 1.29 is 9.53 Å². The van der Waals surface area contributed by atoms with Crippen LogP contribution in [0.15, 0.2) is 65.8 Å². The Hall–Kier alpha value is -2.84. The summed E-state index contributed by atoms with van der Waals surface area (Å²) >= 11 is 1.43. The molecule has 0 saturated carbocycles. The molecule has 1 aliphatic heterocycles. The number of morpholine rings is 1. The van der Waals surface area contributed by atoms with Crippen molar-refractivity contribution in [3.8, 4) is 0 Å². The van der Waals surface area contributed by atoms with E-state index in [-0.39, 0.29) is 17.7 Å². The predicted octanol–water partition coefficient (Wildman–Crippen LogP) is 4.16. The lowest BCUT2D eigenvalue weighted by molar-refractivity contribution is -0.119. The number of hydrogen-bond acceptors (Lipinski definition) is 6.